The molecule has 13 nitrogen and oxygen atoms in total. The van der Waals surface area contributed by atoms with Crippen molar-refractivity contribution in [3.8, 4) is 16.9 Å². The number of nitrogens with one attached hydrogen (secondary N) is 5. The number of hydrogen-bond acceptors (Lipinski definition) is 9. The summed E-state index contributed by atoms with van der Waals surface area (Å²) in [6.07, 6.45) is 1.04. The largest absolute Gasteiger partial charge is 0.506 e. The number of phenols is 1. The quantitative estimate of drug-likeness (QED) is 0.0505. The fraction of sp³-hybridized carbons (Fsp3) is 0.280. The number of likely N-dealkylation sites (tertiary alicyclic amines) is 1. The summed E-state index contributed by atoms with van der Waals surface area (Å²) in [6, 6.07) is 38.9. The van der Waals surface area contributed by atoms with Crippen molar-refractivity contribution in [1.29, 1.82) is 0 Å². The van der Waals surface area contributed by atoms with E-state index in [0.29, 0.717) is 66.6 Å². The number of pyridine rings is 1. The number of piperidine rings is 1. The number of nitrogens with zero attached hydrogens (tertiary/aromatic N) is 1. The van der Waals surface area contributed by atoms with Crippen molar-refractivity contribution in [1.82, 2.24) is 20.5 Å². The van der Waals surface area contributed by atoms with Crippen LogP contribution in [0, 0.1) is 0 Å². The number of amides is 3. The van der Waals surface area contributed by atoms with Gasteiger partial charge in [-0.15, -0.1) is 0 Å². The molecule has 0 radical (unpaired) electrons. The molecule has 326 valence electrons. The fourth-order valence-corrected chi connectivity index (χ4v) is 7.97. The lowest BCUT2D eigenvalue weighted by atomic mass is 10.0. The van der Waals surface area contributed by atoms with Gasteiger partial charge in [0.25, 0.3) is 0 Å². The third kappa shape index (κ3) is 12.6. The van der Waals surface area contributed by atoms with E-state index in [1.165, 1.54) is 12.1 Å². The zero-order valence-electron chi connectivity index (χ0n) is 35.3. The number of fused-ring (bicyclic) bond motifs is 1. The number of benzene rings is 5. The molecule has 0 bridgehead atoms. The highest BCUT2D eigenvalue weighted by molar-refractivity contribution is 5.93. The van der Waals surface area contributed by atoms with Crippen molar-refractivity contribution in [2.45, 2.75) is 63.8 Å². The van der Waals surface area contributed by atoms with Crippen LogP contribution in [0.2, 0.25) is 0 Å². The van der Waals surface area contributed by atoms with Crippen molar-refractivity contribution in [3.63, 3.8) is 0 Å². The SMILES string of the molecule is CC(Cc1cccc(CC(=O)Nc2cccc(CNC(=O)CCN3CCC(OC(=O)Nc4ccccc4-c4ccccc4)CC3)c2)c1)NC[C@H](O)c1ccc(O)c2[nH]c(=O)ccc12. The van der Waals surface area contributed by atoms with E-state index >= 15 is 0 Å². The highest BCUT2D eigenvalue weighted by atomic mass is 16.6. The summed E-state index contributed by atoms with van der Waals surface area (Å²) in [5.41, 5.74) is 6.61. The number of aromatic nitrogens is 1. The average Bonchev–Trinajstić information content (AvgIpc) is 3.28. The Labute approximate surface area is 366 Å². The van der Waals surface area contributed by atoms with Crippen LogP contribution in [0.4, 0.5) is 16.2 Å². The molecule has 1 unspecified atom stereocenters. The minimum absolute atomic E-state index is 0.00434. The van der Waals surface area contributed by atoms with Crippen molar-refractivity contribution >= 4 is 40.2 Å². The summed E-state index contributed by atoms with van der Waals surface area (Å²) in [5, 5.41) is 34.0. The molecule has 0 spiro atoms. The van der Waals surface area contributed by atoms with Gasteiger partial charge in [0.15, 0.2) is 0 Å². The van der Waals surface area contributed by atoms with Crippen LogP contribution >= 0.6 is 0 Å². The van der Waals surface area contributed by atoms with E-state index in [-0.39, 0.29) is 48.2 Å². The van der Waals surface area contributed by atoms with Gasteiger partial charge in [-0.2, -0.15) is 0 Å². The molecular weight excluding hydrogens is 797 g/mol. The van der Waals surface area contributed by atoms with Crippen LogP contribution in [0.1, 0.15) is 54.5 Å². The van der Waals surface area contributed by atoms with E-state index < -0.39 is 12.2 Å². The second-order valence-electron chi connectivity index (χ2n) is 16.1. The highest BCUT2D eigenvalue weighted by Gasteiger charge is 2.23. The van der Waals surface area contributed by atoms with Gasteiger partial charge in [0.05, 0.1) is 23.7 Å². The van der Waals surface area contributed by atoms with E-state index in [9.17, 15) is 29.4 Å². The summed E-state index contributed by atoms with van der Waals surface area (Å²) in [7, 11) is 0. The van der Waals surface area contributed by atoms with Gasteiger partial charge in [-0.05, 0) is 84.3 Å². The predicted molar refractivity (Wildman–Crippen MR) is 245 cm³/mol. The average molecular weight is 851 g/mol. The minimum Gasteiger partial charge on any atom is -0.506 e. The van der Waals surface area contributed by atoms with Gasteiger partial charge in [0.1, 0.15) is 11.9 Å². The zero-order valence-corrected chi connectivity index (χ0v) is 35.3. The Morgan fingerprint density at radius 1 is 0.810 bits per heavy atom. The van der Waals surface area contributed by atoms with Crippen molar-refractivity contribution in [2.24, 2.45) is 0 Å². The fourth-order valence-electron chi connectivity index (χ4n) is 7.97. The summed E-state index contributed by atoms with van der Waals surface area (Å²) in [4.78, 5) is 55.3. The lowest BCUT2D eigenvalue weighted by molar-refractivity contribution is -0.121. The van der Waals surface area contributed by atoms with Crippen LogP contribution in [0.25, 0.3) is 22.0 Å². The first-order valence-electron chi connectivity index (χ1n) is 21.4. The Bertz CT molecular complexity index is 2570. The number of carbonyl (C=O) groups is 3. The molecule has 2 heterocycles. The van der Waals surface area contributed by atoms with E-state index in [1.807, 2.05) is 110 Å². The Morgan fingerprint density at radius 3 is 2.38 bits per heavy atom. The maximum atomic E-state index is 13.1. The van der Waals surface area contributed by atoms with Crippen LogP contribution in [0.3, 0.4) is 0 Å². The molecular formula is C50H54N6O7. The molecule has 3 amide bonds. The van der Waals surface area contributed by atoms with Crippen molar-refractivity contribution in [2.75, 3.05) is 36.8 Å². The minimum atomic E-state index is -0.869. The van der Waals surface area contributed by atoms with Gasteiger partial charge in [0.2, 0.25) is 17.4 Å². The molecule has 1 aliphatic heterocycles. The lowest BCUT2D eigenvalue weighted by Crippen LogP contribution is -2.40. The molecule has 2 atom stereocenters. The molecule has 63 heavy (non-hydrogen) atoms. The third-order valence-electron chi connectivity index (χ3n) is 11.2. The van der Waals surface area contributed by atoms with E-state index in [1.54, 1.807) is 12.1 Å². The summed E-state index contributed by atoms with van der Waals surface area (Å²) in [5.74, 6) is -0.281. The first-order chi connectivity index (χ1) is 30.6. The predicted octanol–water partition coefficient (Wildman–Crippen LogP) is 7.06. The summed E-state index contributed by atoms with van der Waals surface area (Å²) in [6.45, 7) is 4.68. The second kappa shape index (κ2) is 21.3. The van der Waals surface area contributed by atoms with Gasteiger partial charge in [-0.25, -0.2) is 4.79 Å². The van der Waals surface area contributed by atoms with Gasteiger partial charge >= 0.3 is 6.09 Å². The number of aliphatic hydroxyl groups excluding tert-OH is 1. The number of aliphatic hydroxyl groups is 1. The smallest absolute Gasteiger partial charge is 0.411 e. The van der Waals surface area contributed by atoms with Crippen LogP contribution in [-0.2, 0) is 33.7 Å². The van der Waals surface area contributed by atoms with Gasteiger partial charge in [-0.1, -0.05) is 91.0 Å². The van der Waals surface area contributed by atoms with Gasteiger partial charge in [-0.3, -0.25) is 19.7 Å². The molecule has 6 aromatic rings. The molecule has 1 fully saturated rings. The number of phenolic OH excluding ortho intramolecular Hbond substituents is 1. The summed E-state index contributed by atoms with van der Waals surface area (Å²) >= 11 is 0. The van der Waals surface area contributed by atoms with Crippen molar-refractivity contribution < 1.29 is 29.3 Å². The topological polar surface area (TPSA) is 185 Å². The highest BCUT2D eigenvalue weighted by Crippen LogP contribution is 2.30. The van der Waals surface area contributed by atoms with Crippen LogP contribution < -0.4 is 26.8 Å². The number of ether oxygens (including phenoxy) is 1. The first kappa shape index (κ1) is 44.3. The Kier molecular flexibility index (Phi) is 15.0. The Balaban J connectivity index is 0.793. The number of aromatic amines is 1. The van der Waals surface area contributed by atoms with E-state index in [4.69, 9.17) is 4.74 Å². The second-order valence-corrected chi connectivity index (χ2v) is 16.1. The van der Waals surface area contributed by atoms with Crippen LogP contribution in [-0.4, -0.2) is 76.3 Å². The van der Waals surface area contributed by atoms with Gasteiger partial charge in [0, 0.05) is 67.9 Å². The number of anilines is 2. The third-order valence-corrected chi connectivity index (χ3v) is 11.2. The standard InChI is InChI=1S/C50H54N6O7/c1-33(51-32-45(58)41-17-19-44(57)49-42(41)18-20-47(60)55-49)27-34-9-7-10-35(28-34)30-48(61)53-38-14-8-11-36(29-38)31-52-46(59)23-26-56-24-21-39(22-25-56)63-50(62)54-43-16-6-5-15-40(43)37-12-3-2-4-13-37/h2-20,28-29,33,39,45,51,57-58H,21-27,30-32H2,1H3,(H,52,59)(H,53,61)(H,54,62)(H,55,60)/t33?,45-/m0/s1. The molecule has 1 saturated heterocycles. The number of rotatable bonds is 17. The molecule has 1 aromatic heterocycles. The normalized spacial score (nSPS) is 14.1. The Morgan fingerprint density at radius 2 is 1.56 bits per heavy atom. The molecule has 13 heteroatoms. The lowest BCUT2D eigenvalue weighted by Gasteiger charge is -2.31. The number of H-pyrrole nitrogens is 1. The number of carbonyl (C=O) groups excluding carboxylic acids is 3. The maximum absolute atomic E-state index is 13.1. The van der Waals surface area contributed by atoms with E-state index in [2.05, 4.69) is 31.2 Å². The Hall–Kier alpha value is -6.80. The molecule has 7 N–H and O–H groups in total. The molecule has 5 aromatic carbocycles. The van der Waals surface area contributed by atoms with Crippen molar-refractivity contribution in [3.05, 3.63) is 160 Å². The molecule has 1 aliphatic rings. The number of para-hydroxylation sites is 1. The molecule has 0 saturated carbocycles. The molecule has 0 aliphatic carbocycles. The number of hydrogen-bond donors (Lipinski definition) is 7. The molecule has 7 rings (SSSR count). The zero-order chi connectivity index (χ0) is 44.1. The maximum Gasteiger partial charge on any atom is 0.411 e. The van der Waals surface area contributed by atoms with E-state index in [0.717, 1.165) is 40.9 Å². The summed E-state index contributed by atoms with van der Waals surface area (Å²) < 4.78 is 5.76. The van der Waals surface area contributed by atoms with Gasteiger partial charge < -0.3 is 40.8 Å². The van der Waals surface area contributed by atoms with Crippen LogP contribution in [0.15, 0.2) is 132 Å². The number of aromatic hydroxyl groups is 1. The monoisotopic (exact) mass is 850 g/mol. The first-order valence-corrected chi connectivity index (χ1v) is 21.4. The van der Waals surface area contributed by atoms with Crippen LogP contribution in [0.5, 0.6) is 5.75 Å².